The molecule has 0 radical (unpaired) electrons. The van der Waals surface area contributed by atoms with Gasteiger partial charge < -0.3 is 5.84 Å². The highest BCUT2D eigenvalue weighted by atomic mass is 16.1. The van der Waals surface area contributed by atoms with Gasteiger partial charge >= 0.3 is 0 Å². The van der Waals surface area contributed by atoms with Gasteiger partial charge in [0.05, 0.1) is 6.54 Å². The Morgan fingerprint density at radius 2 is 1.80 bits per heavy atom. The van der Waals surface area contributed by atoms with E-state index in [-0.39, 0.29) is 17.5 Å². The standard InChI is InChI=1S/C10H20N4O/c1-7(2)5-9(15)10(13-11)14-12-6-8(3)4/h7-8H,5-6,11H2,1-4H3. The molecule has 15 heavy (non-hydrogen) atoms. The number of ketones is 1. The zero-order valence-corrected chi connectivity index (χ0v) is 9.90. The van der Waals surface area contributed by atoms with Crippen molar-refractivity contribution in [1.29, 1.82) is 0 Å². The maximum atomic E-state index is 11.5. The highest BCUT2D eigenvalue weighted by Gasteiger charge is 2.12. The Hall–Kier alpha value is -1.26. The number of hydrogen-bond donors (Lipinski definition) is 1. The number of carbonyl (C=O) groups excluding carboxylic acids is 1. The summed E-state index contributed by atoms with van der Waals surface area (Å²) < 4.78 is 0. The number of azo groups is 1. The third-order valence-electron chi connectivity index (χ3n) is 1.58. The van der Waals surface area contributed by atoms with Gasteiger partial charge in [0.2, 0.25) is 11.6 Å². The van der Waals surface area contributed by atoms with Crippen molar-refractivity contribution in [2.24, 2.45) is 33.0 Å². The van der Waals surface area contributed by atoms with Crippen LogP contribution >= 0.6 is 0 Å². The molecule has 0 aliphatic heterocycles. The average Bonchev–Trinajstić information content (AvgIpc) is 2.10. The Morgan fingerprint density at radius 3 is 2.20 bits per heavy atom. The first-order chi connectivity index (χ1) is 6.97. The van der Waals surface area contributed by atoms with Crippen molar-refractivity contribution >= 4 is 11.6 Å². The maximum Gasteiger partial charge on any atom is 0.235 e. The number of nitrogens with two attached hydrogens (primary N) is 1. The second-order valence-corrected chi connectivity index (χ2v) is 4.29. The van der Waals surface area contributed by atoms with Crippen molar-refractivity contribution in [3.05, 3.63) is 0 Å². The summed E-state index contributed by atoms with van der Waals surface area (Å²) in [4.78, 5) is 11.5. The van der Waals surface area contributed by atoms with E-state index in [9.17, 15) is 4.79 Å². The zero-order chi connectivity index (χ0) is 11.8. The summed E-state index contributed by atoms with van der Waals surface area (Å²) >= 11 is 0. The van der Waals surface area contributed by atoms with Crippen LogP contribution in [0.1, 0.15) is 34.1 Å². The fourth-order valence-corrected chi connectivity index (χ4v) is 0.887. The van der Waals surface area contributed by atoms with Crippen molar-refractivity contribution in [1.82, 2.24) is 0 Å². The van der Waals surface area contributed by atoms with Gasteiger partial charge in [0.1, 0.15) is 0 Å². The van der Waals surface area contributed by atoms with Gasteiger partial charge in [0, 0.05) is 6.42 Å². The first-order valence-corrected chi connectivity index (χ1v) is 5.16. The van der Waals surface area contributed by atoms with Gasteiger partial charge in [-0.1, -0.05) is 27.7 Å². The Labute approximate surface area is 90.8 Å². The predicted molar refractivity (Wildman–Crippen MR) is 60.6 cm³/mol. The van der Waals surface area contributed by atoms with Gasteiger partial charge in [-0.05, 0) is 11.8 Å². The highest BCUT2D eigenvalue weighted by molar-refractivity contribution is 6.39. The Morgan fingerprint density at radius 1 is 1.20 bits per heavy atom. The van der Waals surface area contributed by atoms with E-state index < -0.39 is 0 Å². The lowest BCUT2D eigenvalue weighted by Gasteiger charge is -2.01. The van der Waals surface area contributed by atoms with Crippen LogP contribution in [0.4, 0.5) is 0 Å². The van der Waals surface area contributed by atoms with E-state index in [2.05, 4.69) is 15.3 Å². The topological polar surface area (TPSA) is 80.2 Å². The lowest BCUT2D eigenvalue weighted by atomic mass is 10.1. The van der Waals surface area contributed by atoms with E-state index in [0.29, 0.717) is 18.9 Å². The van der Waals surface area contributed by atoms with Crippen LogP contribution in [0, 0.1) is 11.8 Å². The summed E-state index contributed by atoms with van der Waals surface area (Å²) in [6.45, 7) is 8.53. The third-order valence-corrected chi connectivity index (χ3v) is 1.58. The van der Waals surface area contributed by atoms with E-state index in [0.717, 1.165) is 0 Å². The molecule has 5 heteroatoms. The molecule has 0 saturated carbocycles. The smallest absolute Gasteiger partial charge is 0.235 e. The summed E-state index contributed by atoms with van der Waals surface area (Å²) in [6.07, 6.45) is 0.400. The summed E-state index contributed by atoms with van der Waals surface area (Å²) in [7, 11) is 0. The quantitative estimate of drug-likeness (QED) is 0.248. The maximum absolute atomic E-state index is 11.5. The van der Waals surface area contributed by atoms with Gasteiger partial charge in [-0.25, -0.2) is 0 Å². The molecule has 0 saturated heterocycles. The Kier molecular flexibility index (Phi) is 6.49. The molecule has 0 aromatic heterocycles. The lowest BCUT2D eigenvalue weighted by molar-refractivity contribution is -0.113. The van der Waals surface area contributed by atoms with E-state index >= 15 is 0 Å². The highest BCUT2D eigenvalue weighted by Crippen LogP contribution is 2.02. The van der Waals surface area contributed by atoms with Crippen molar-refractivity contribution in [2.75, 3.05) is 6.54 Å². The predicted octanol–water partition coefficient (Wildman–Crippen LogP) is 1.98. The normalized spacial score (nSPS) is 13.1. The average molecular weight is 212 g/mol. The number of rotatable bonds is 5. The van der Waals surface area contributed by atoms with Crippen LogP contribution < -0.4 is 5.84 Å². The molecule has 0 bridgehead atoms. The minimum Gasteiger partial charge on any atom is -0.321 e. The minimum absolute atomic E-state index is 0.0179. The molecule has 2 N–H and O–H groups in total. The molecule has 0 heterocycles. The first kappa shape index (κ1) is 13.7. The van der Waals surface area contributed by atoms with Crippen LogP contribution in [-0.2, 0) is 4.79 Å². The van der Waals surface area contributed by atoms with Gasteiger partial charge in [-0.15, -0.1) is 5.11 Å². The Bertz CT molecular complexity index is 256. The fourth-order valence-electron chi connectivity index (χ4n) is 0.887. The SMILES string of the molecule is CC(C)CN=NC(=NN)C(=O)CC(C)C. The van der Waals surface area contributed by atoms with E-state index in [1.807, 2.05) is 27.7 Å². The second kappa shape index (κ2) is 7.09. The number of carbonyl (C=O) groups is 1. The van der Waals surface area contributed by atoms with Gasteiger partial charge in [-0.2, -0.15) is 10.2 Å². The summed E-state index contributed by atoms with van der Waals surface area (Å²) in [5.74, 6) is 5.63. The molecular weight excluding hydrogens is 192 g/mol. The number of nitrogens with zero attached hydrogens (tertiary/aromatic N) is 3. The van der Waals surface area contributed by atoms with Gasteiger partial charge in [-0.3, -0.25) is 4.79 Å². The van der Waals surface area contributed by atoms with Crippen molar-refractivity contribution in [3.8, 4) is 0 Å². The first-order valence-electron chi connectivity index (χ1n) is 5.16. The van der Waals surface area contributed by atoms with Crippen LogP contribution in [0.3, 0.4) is 0 Å². The molecule has 0 aliphatic rings. The van der Waals surface area contributed by atoms with Crippen molar-refractivity contribution in [3.63, 3.8) is 0 Å². The number of hydrazone groups is 1. The molecule has 86 valence electrons. The second-order valence-electron chi connectivity index (χ2n) is 4.29. The van der Waals surface area contributed by atoms with Crippen molar-refractivity contribution < 1.29 is 4.79 Å². The monoisotopic (exact) mass is 212 g/mol. The summed E-state index contributed by atoms with van der Waals surface area (Å²) in [5.41, 5.74) is 0. The molecule has 0 atom stereocenters. The molecule has 0 unspecified atom stereocenters. The zero-order valence-electron chi connectivity index (χ0n) is 9.90. The van der Waals surface area contributed by atoms with Gasteiger partial charge in [0.25, 0.3) is 0 Å². The van der Waals surface area contributed by atoms with Crippen LogP contribution in [0.2, 0.25) is 0 Å². The molecule has 0 aromatic carbocycles. The third kappa shape index (κ3) is 6.76. The number of hydrogen-bond acceptors (Lipinski definition) is 4. The van der Waals surface area contributed by atoms with Crippen molar-refractivity contribution in [2.45, 2.75) is 34.1 Å². The molecule has 5 nitrogen and oxygen atoms in total. The largest absolute Gasteiger partial charge is 0.321 e. The number of amidine groups is 1. The van der Waals surface area contributed by atoms with Crippen LogP contribution in [0.15, 0.2) is 15.3 Å². The van der Waals surface area contributed by atoms with Crippen LogP contribution in [0.5, 0.6) is 0 Å². The summed E-state index contributed by atoms with van der Waals surface area (Å²) in [6, 6.07) is 0. The lowest BCUT2D eigenvalue weighted by Crippen LogP contribution is -2.15. The van der Waals surface area contributed by atoms with E-state index in [1.54, 1.807) is 0 Å². The van der Waals surface area contributed by atoms with E-state index in [4.69, 9.17) is 5.84 Å². The van der Waals surface area contributed by atoms with Crippen LogP contribution in [0.25, 0.3) is 0 Å². The van der Waals surface area contributed by atoms with Crippen LogP contribution in [-0.4, -0.2) is 18.2 Å². The molecule has 0 amide bonds. The molecule has 0 spiro atoms. The van der Waals surface area contributed by atoms with E-state index in [1.165, 1.54) is 0 Å². The molecule has 0 rings (SSSR count). The van der Waals surface area contributed by atoms with Gasteiger partial charge in [0.15, 0.2) is 0 Å². The molecule has 0 fully saturated rings. The fraction of sp³-hybridized carbons (Fsp3) is 0.800. The Balaban J connectivity index is 4.26. The summed E-state index contributed by atoms with van der Waals surface area (Å²) in [5, 5.41) is 10.9. The number of Topliss-reactive ketones (excluding diaryl/α,β-unsaturated/α-hetero) is 1. The molecule has 0 aliphatic carbocycles. The molecular formula is C10H20N4O. The minimum atomic E-state index is -0.153. The molecule has 0 aromatic rings.